The van der Waals surface area contributed by atoms with Crippen LogP contribution < -0.4 is 10.5 Å². The normalized spacial score (nSPS) is 13.7. The predicted molar refractivity (Wildman–Crippen MR) is 78.5 cm³/mol. The van der Waals surface area contributed by atoms with Crippen LogP contribution in [0, 0.1) is 0 Å². The van der Waals surface area contributed by atoms with E-state index in [2.05, 4.69) is 38.1 Å². The van der Waals surface area contributed by atoms with Gasteiger partial charge in [0.05, 0.1) is 11.9 Å². The molecule has 98 valence electrons. The van der Waals surface area contributed by atoms with Crippen molar-refractivity contribution >= 4 is 33.2 Å². The summed E-state index contributed by atoms with van der Waals surface area (Å²) in [7, 11) is 1.59. The Bertz CT molecular complexity index is 714. The maximum atomic E-state index is 11.8. The Morgan fingerprint density at radius 1 is 1.32 bits per heavy atom. The summed E-state index contributed by atoms with van der Waals surface area (Å²) in [5.41, 5.74) is 2.92. The summed E-state index contributed by atoms with van der Waals surface area (Å²) in [5, 5.41) is 4.26. The van der Waals surface area contributed by atoms with Crippen molar-refractivity contribution in [3.8, 4) is 0 Å². The molecule has 0 atom stereocenters. The van der Waals surface area contributed by atoms with Crippen molar-refractivity contribution in [2.75, 3.05) is 4.90 Å². The molecule has 1 aliphatic heterocycles. The Labute approximate surface area is 123 Å². The highest BCUT2D eigenvalue weighted by molar-refractivity contribution is 9.10. The molecule has 0 aliphatic carbocycles. The second-order valence-electron chi connectivity index (χ2n) is 4.54. The van der Waals surface area contributed by atoms with Crippen LogP contribution in [0.4, 0.5) is 5.69 Å². The minimum Gasteiger partial charge on any atom is -0.360 e. The second-order valence-corrected chi connectivity index (χ2v) is 5.84. The van der Waals surface area contributed by atoms with Crippen LogP contribution in [0.15, 0.2) is 33.7 Å². The summed E-state index contributed by atoms with van der Waals surface area (Å²) < 4.78 is 2.30. The molecule has 0 spiro atoms. The zero-order valence-electron chi connectivity index (χ0n) is 10.2. The van der Waals surface area contributed by atoms with Crippen LogP contribution in [-0.4, -0.2) is 9.78 Å². The highest BCUT2D eigenvalue weighted by atomic mass is 79.9. The molecule has 6 heteroatoms. The van der Waals surface area contributed by atoms with E-state index in [0.29, 0.717) is 5.69 Å². The molecular weight excluding hydrogens is 330 g/mol. The largest absolute Gasteiger partial charge is 0.360 e. The quantitative estimate of drug-likeness (QED) is 0.801. The van der Waals surface area contributed by atoms with Gasteiger partial charge in [0.15, 0.2) is 0 Å². The summed E-state index contributed by atoms with van der Waals surface area (Å²) in [6.07, 6.45) is 1.64. The van der Waals surface area contributed by atoms with E-state index in [9.17, 15) is 4.79 Å². The van der Waals surface area contributed by atoms with Crippen molar-refractivity contribution in [1.29, 1.82) is 0 Å². The second kappa shape index (κ2) is 4.65. The fraction of sp³-hybridized carbons (Fsp3) is 0.231. The fourth-order valence-electron chi connectivity index (χ4n) is 2.26. The molecule has 19 heavy (non-hydrogen) atoms. The molecule has 0 amide bonds. The zero-order chi connectivity index (χ0) is 13.6. The van der Waals surface area contributed by atoms with Crippen molar-refractivity contribution < 1.29 is 0 Å². The number of anilines is 1. The average molecular weight is 341 g/mol. The van der Waals surface area contributed by atoms with Crippen LogP contribution in [-0.2, 0) is 20.1 Å². The molecule has 3 rings (SSSR count). The number of aryl methyl sites for hydroxylation is 1. The number of rotatable bonds is 1. The first-order valence-corrected chi connectivity index (χ1v) is 6.97. The molecule has 4 nitrogen and oxygen atoms in total. The summed E-state index contributed by atoms with van der Waals surface area (Å²) in [5.74, 6) is 0. The third-order valence-electron chi connectivity index (χ3n) is 3.29. The Hall–Kier alpha value is -1.33. The minimum absolute atomic E-state index is 0.226. The van der Waals surface area contributed by atoms with Gasteiger partial charge in [-0.25, -0.2) is 4.68 Å². The van der Waals surface area contributed by atoms with E-state index >= 15 is 0 Å². The first kappa shape index (κ1) is 12.7. The standard InChI is InChI=1S/C13H11BrClN3O/c1-17-13(19)12(15)11(5-16-17)18-6-8-2-3-10(14)4-9(8)7-18/h2-5H,6-7H2,1H3. The molecule has 1 aliphatic rings. The van der Waals surface area contributed by atoms with Crippen LogP contribution in [0.1, 0.15) is 11.1 Å². The van der Waals surface area contributed by atoms with Gasteiger partial charge < -0.3 is 4.90 Å². The fourth-order valence-corrected chi connectivity index (χ4v) is 2.96. The molecule has 0 saturated heterocycles. The van der Waals surface area contributed by atoms with Gasteiger partial charge in [0, 0.05) is 24.6 Å². The Kier molecular flexibility index (Phi) is 3.11. The van der Waals surface area contributed by atoms with Gasteiger partial charge in [0.1, 0.15) is 5.02 Å². The lowest BCUT2D eigenvalue weighted by Gasteiger charge is -2.18. The summed E-state index contributed by atoms with van der Waals surface area (Å²) in [6, 6.07) is 6.20. The SMILES string of the molecule is Cn1ncc(N2Cc3ccc(Br)cc3C2)c(Cl)c1=O. The Balaban J connectivity index is 1.99. The molecule has 0 radical (unpaired) electrons. The van der Waals surface area contributed by atoms with Gasteiger partial charge in [-0.1, -0.05) is 33.6 Å². The molecular formula is C13H11BrClN3O. The Morgan fingerprint density at radius 3 is 2.84 bits per heavy atom. The number of hydrogen-bond donors (Lipinski definition) is 0. The number of fused-ring (bicyclic) bond motifs is 1. The van der Waals surface area contributed by atoms with Gasteiger partial charge >= 0.3 is 0 Å². The number of aromatic nitrogens is 2. The highest BCUT2D eigenvalue weighted by Gasteiger charge is 2.22. The summed E-state index contributed by atoms with van der Waals surface area (Å²) in [6.45, 7) is 1.49. The van der Waals surface area contributed by atoms with Crippen LogP contribution in [0.2, 0.25) is 5.02 Å². The van der Waals surface area contributed by atoms with Crippen LogP contribution in [0.3, 0.4) is 0 Å². The van der Waals surface area contributed by atoms with E-state index in [1.54, 1.807) is 13.2 Å². The average Bonchev–Trinajstić information content (AvgIpc) is 2.78. The van der Waals surface area contributed by atoms with E-state index < -0.39 is 0 Å². The van der Waals surface area contributed by atoms with E-state index in [1.807, 2.05) is 6.07 Å². The van der Waals surface area contributed by atoms with Crippen molar-refractivity contribution in [3.63, 3.8) is 0 Å². The molecule has 0 unspecified atom stereocenters. The van der Waals surface area contributed by atoms with Crippen molar-refractivity contribution in [2.45, 2.75) is 13.1 Å². The van der Waals surface area contributed by atoms with Crippen molar-refractivity contribution in [2.24, 2.45) is 7.05 Å². The Morgan fingerprint density at radius 2 is 2.05 bits per heavy atom. The number of halogens is 2. The van der Waals surface area contributed by atoms with Gasteiger partial charge in [-0.2, -0.15) is 5.10 Å². The molecule has 1 aromatic heterocycles. The third-order valence-corrected chi connectivity index (χ3v) is 4.14. The van der Waals surface area contributed by atoms with Crippen molar-refractivity contribution in [3.05, 3.63) is 55.4 Å². The topological polar surface area (TPSA) is 38.1 Å². The molecule has 0 saturated carbocycles. The maximum Gasteiger partial charge on any atom is 0.287 e. The smallest absolute Gasteiger partial charge is 0.287 e. The van der Waals surface area contributed by atoms with Crippen LogP contribution in [0.5, 0.6) is 0 Å². The first-order chi connectivity index (χ1) is 9.06. The van der Waals surface area contributed by atoms with Gasteiger partial charge in [0.25, 0.3) is 5.56 Å². The first-order valence-electron chi connectivity index (χ1n) is 5.80. The summed E-state index contributed by atoms with van der Waals surface area (Å²) in [4.78, 5) is 13.9. The molecule has 2 heterocycles. The number of nitrogens with zero attached hydrogens (tertiary/aromatic N) is 3. The van der Waals surface area contributed by atoms with Gasteiger partial charge in [0.2, 0.25) is 0 Å². The minimum atomic E-state index is -0.267. The van der Waals surface area contributed by atoms with Crippen LogP contribution >= 0.6 is 27.5 Å². The van der Waals surface area contributed by atoms with Crippen molar-refractivity contribution in [1.82, 2.24) is 9.78 Å². The molecule has 0 N–H and O–H groups in total. The summed E-state index contributed by atoms with van der Waals surface area (Å²) >= 11 is 9.59. The number of hydrogen-bond acceptors (Lipinski definition) is 3. The van der Waals surface area contributed by atoms with E-state index in [1.165, 1.54) is 15.8 Å². The van der Waals surface area contributed by atoms with Gasteiger partial charge in [-0.15, -0.1) is 0 Å². The lowest BCUT2D eigenvalue weighted by Crippen LogP contribution is -2.24. The lowest BCUT2D eigenvalue weighted by atomic mass is 10.1. The molecule has 2 aromatic rings. The molecule has 0 bridgehead atoms. The predicted octanol–water partition coefficient (Wildman–Crippen LogP) is 2.72. The van der Waals surface area contributed by atoms with Gasteiger partial charge in [-0.05, 0) is 23.3 Å². The lowest BCUT2D eigenvalue weighted by molar-refractivity contribution is 0.701. The van der Waals surface area contributed by atoms with Crippen LogP contribution in [0.25, 0.3) is 0 Å². The molecule has 1 aromatic carbocycles. The monoisotopic (exact) mass is 339 g/mol. The third kappa shape index (κ3) is 2.17. The maximum absolute atomic E-state index is 11.8. The number of benzene rings is 1. The van der Waals surface area contributed by atoms with Gasteiger partial charge in [-0.3, -0.25) is 4.79 Å². The van der Waals surface area contributed by atoms with E-state index in [-0.39, 0.29) is 10.6 Å². The highest BCUT2D eigenvalue weighted by Crippen LogP contribution is 2.32. The zero-order valence-corrected chi connectivity index (χ0v) is 12.6. The van der Waals surface area contributed by atoms with E-state index in [4.69, 9.17) is 11.6 Å². The molecule has 0 fully saturated rings. The van der Waals surface area contributed by atoms with E-state index in [0.717, 1.165) is 17.6 Å².